The summed E-state index contributed by atoms with van der Waals surface area (Å²) >= 11 is 0. The maximum absolute atomic E-state index is 3.55. The third-order valence-corrected chi connectivity index (χ3v) is 0.493. The zero-order chi connectivity index (χ0) is 6.83. The van der Waals surface area contributed by atoms with Crippen molar-refractivity contribution < 1.29 is 0 Å². The Bertz CT molecular complexity index is 44.0. The Morgan fingerprint density at radius 3 is 1.75 bits per heavy atom. The molecule has 0 rings (SSSR count). The van der Waals surface area contributed by atoms with E-state index < -0.39 is 0 Å². The van der Waals surface area contributed by atoms with Crippen LogP contribution >= 0.6 is 0 Å². The van der Waals surface area contributed by atoms with Crippen LogP contribution in [0.1, 0.15) is 26.7 Å². The molecule has 0 aliphatic heterocycles. The van der Waals surface area contributed by atoms with E-state index in [1.54, 1.807) is 6.08 Å². The van der Waals surface area contributed by atoms with Gasteiger partial charge in [-0.25, -0.2) is 0 Å². The van der Waals surface area contributed by atoms with E-state index in [0.717, 1.165) is 6.42 Å². The molecule has 0 unspecified atom stereocenters. The molecular formula is C8H16. The van der Waals surface area contributed by atoms with Crippen LogP contribution in [-0.2, 0) is 0 Å². The number of hydrogen-bond acceptors (Lipinski definition) is 0. The molecule has 0 bridgehead atoms. The summed E-state index contributed by atoms with van der Waals surface area (Å²) < 4.78 is 0. The molecule has 0 amide bonds. The predicted octanol–water partition coefficient (Wildman–Crippen LogP) is 3.16. The van der Waals surface area contributed by atoms with Gasteiger partial charge in [-0.1, -0.05) is 25.5 Å². The molecule has 0 saturated carbocycles. The van der Waals surface area contributed by atoms with Crippen molar-refractivity contribution in [1.82, 2.24) is 0 Å². The Balaban J connectivity index is 0. The van der Waals surface area contributed by atoms with Gasteiger partial charge in [-0.2, -0.15) is 0 Å². The minimum Gasteiger partial charge on any atom is -0.103 e. The van der Waals surface area contributed by atoms with E-state index in [9.17, 15) is 0 Å². The summed E-state index contributed by atoms with van der Waals surface area (Å²) in [7, 11) is 0. The van der Waals surface area contributed by atoms with E-state index in [-0.39, 0.29) is 0 Å². The standard InChI is InChI=1S/C5H10.C3H6/c1-3-5-4-2;1-3-2/h3H,1,4-5H2,2H3;3H,1H2,2H3. The van der Waals surface area contributed by atoms with Crippen LogP contribution in [0.4, 0.5) is 0 Å². The number of rotatable bonds is 2. The highest BCUT2D eigenvalue weighted by atomic mass is 13.7. The number of allylic oxidation sites excluding steroid dienone is 2. The van der Waals surface area contributed by atoms with E-state index in [2.05, 4.69) is 20.1 Å². The van der Waals surface area contributed by atoms with Crippen LogP contribution in [0.3, 0.4) is 0 Å². The van der Waals surface area contributed by atoms with E-state index in [0.29, 0.717) is 0 Å². The van der Waals surface area contributed by atoms with Crippen molar-refractivity contribution >= 4 is 0 Å². The lowest BCUT2D eigenvalue weighted by Gasteiger charge is -1.72. The van der Waals surface area contributed by atoms with Crippen LogP contribution in [0.2, 0.25) is 0 Å². The minimum atomic E-state index is 1.15. The first-order valence-electron chi connectivity index (χ1n) is 3.01. The average molecular weight is 112 g/mol. The van der Waals surface area contributed by atoms with Gasteiger partial charge in [-0.15, -0.1) is 13.2 Å². The summed E-state index contributed by atoms with van der Waals surface area (Å²) in [6.07, 6.45) is 6.06. The number of unbranched alkanes of at least 4 members (excludes halogenated alkanes) is 1. The second-order valence-corrected chi connectivity index (χ2v) is 1.49. The topological polar surface area (TPSA) is 0 Å². The van der Waals surface area contributed by atoms with Gasteiger partial charge in [0.1, 0.15) is 0 Å². The summed E-state index contributed by atoms with van der Waals surface area (Å²) in [5.74, 6) is 0. The largest absolute Gasteiger partial charge is 0.103 e. The van der Waals surface area contributed by atoms with Gasteiger partial charge in [0, 0.05) is 0 Å². The van der Waals surface area contributed by atoms with Crippen LogP contribution in [0, 0.1) is 0 Å². The van der Waals surface area contributed by atoms with Crippen LogP contribution in [0.25, 0.3) is 0 Å². The van der Waals surface area contributed by atoms with Crippen molar-refractivity contribution in [3.8, 4) is 0 Å². The van der Waals surface area contributed by atoms with Gasteiger partial charge in [-0.3, -0.25) is 0 Å². The molecule has 48 valence electrons. The van der Waals surface area contributed by atoms with Crippen molar-refractivity contribution in [1.29, 1.82) is 0 Å². The molecule has 0 saturated heterocycles. The fourth-order valence-electron chi connectivity index (χ4n) is 0.204. The van der Waals surface area contributed by atoms with Gasteiger partial charge in [0.05, 0.1) is 0 Å². The van der Waals surface area contributed by atoms with Crippen LogP contribution < -0.4 is 0 Å². The summed E-state index contributed by atoms with van der Waals surface area (Å²) in [5, 5.41) is 0. The molecule has 0 aromatic carbocycles. The fraction of sp³-hybridized carbons (Fsp3) is 0.500. The Kier molecular flexibility index (Phi) is 21.0. The smallest absolute Gasteiger partial charge is 0.0356 e. The van der Waals surface area contributed by atoms with Crippen LogP contribution in [0.15, 0.2) is 25.3 Å². The molecular weight excluding hydrogens is 96.1 g/mol. The Labute approximate surface area is 52.9 Å². The molecule has 0 heteroatoms. The van der Waals surface area contributed by atoms with Gasteiger partial charge in [0.25, 0.3) is 0 Å². The van der Waals surface area contributed by atoms with E-state index in [1.807, 2.05) is 13.0 Å². The summed E-state index contributed by atoms with van der Waals surface area (Å²) in [4.78, 5) is 0. The zero-order valence-corrected chi connectivity index (χ0v) is 5.98. The molecule has 0 nitrogen and oxygen atoms in total. The van der Waals surface area contributed by atoms with Gasteiger partial charge in [0.2, 0.25) is 0 Å². The molecule has 0 fully saturated rings. The second kappa shape index (κ2) is 16.1. The molecule has 8 heavy (non-hydrogen) atoms. The lowest BCUT2D eigenvalue weighted by molar-refractivity contribution is 0.961. The van der Waals surface area contributed by atoms with E-state index >= 15 is 0 Å². The molecule has 0 aliphatic rings. The first kappa shape index (κ1) is 10.5. The molecule has 0 spiro atoms. The highest BCUT2D eigenvalue weighted by Crippen LogP contribution is 1.82. The fourth-order valence-corrected chi connectivity index (χ4v) is 0.204. The Morgan fingerprint density at radius 2 is 1.75 bits per heavy atom. The van der Waals surface area contributed by atoms with Gasteiger partial charge in [0.15, 0.2) is 0 Å². The Hall–Kier alpha value is -0.520. The molecule has 0 heterocycles. The second-order valence-electron chi connectivity index (χ2n) is 1.49. The van der Waals surface area contributed by atoms with Crippen molar-refractivity contribution in [2.24, 2.45) is 0 Å². The predicted molar refractivity (Wildman–Crippen MR) is 41.0 cm³/mol. The van der Waals surface area contributed by atoms with Gasteiger partial charge < -0.3 is 0 Å². The molecule has 0 aromatic rings. The van der Waals surface area contributed by atoms with Crippen molar-refractivity contribution in [3.05, 3.63) is 25.3 Å². The zero-order valence-electron chi connectivity index (χ0n) is 5.98. The monoisotopic (exact) mass is 112 g/mol. The normalized spacial score (nSPS) is 6.25. The SMILES string of the molecule is C=CC.C=CCCC. The molecule has 0 radical (unpaired) electrons. The lowest BCUT2D eigenvalue weighted by Crippen LogP contribution is -1.52. The third kappa shape index (κ3) is 50.2. The van der Waals surface area contributed by atoms with Crippen molar-refractivity contribution in [3.63, 3.8) is 0 Å². The lowest BCUT2D eigenvalue weighted by atomic mass is 10.3. The summed E-state index contributed by atoms with van der Waals surface area (Å²) in [5.41, 5.74) is 0. The third-order valence-electron chi connectivity index (χ3n) is 0.493. The first-order chi connectivity index (χ1) is 3.83. The van der Waals surface area contributed by atoms with Crippen molar-refractivity contribution in [2.45, 2.75) is 26.7 Å². The molecule has 0 aromatic heterocycles. The average Bonchev–Trinajstić information content (AvgIpc) is 1.71. The maximum atomic E-state index is 3.55. The van der Waals surface area contributed by atoms with Crippen LogP contribution in [-0.4, -0.2) is 0 Å². The van der Waals surface area contributed by atoms with Crippen molar-refractivity contribution in [2.75, 3.05) is 0 Å². The molecule has 0 aliphatic carbocycles. The maximum Gasteiger partial charge on any atom is -0.0356 e. The van der Waals surface area contributed by atoms with E-state index in [1.165, 1.54) is 6.42 Å². The van der Waals surface area contributed by atoms with Gasteiger partial charge in [-0.05, 0) is 13.3 Å². The highest BCUT2D eigenvalue weighted by molar-refractivity contribution is 4.63. The van der Waals surface area contributed by atoms with E-state index in [4.69, 9.17) is 0 Å². The number of hydrogen-bond donors (Lipinski definition) is 0. The Morgan fingerprint density at radius 1 is 1.38 bits per heavy atom. The van der Waals surface area contributed by atoms with Crippen LogP contribution in [0.5, 0.6) is 0 Å². The quantitative estimate of drug-likeness (QED) is 0.481. The summed E-state index contributed by atoms with van der Waals surface area (Å²) in [6.45, 7) is 10.9. The highest BCUT2D eigenvalue weighted by Gasteiger charge is 1.61. The molecule has 0 atom stereocenters. The minimum absolute atomic E-state index is 1.15. The summed E-state index contributed by atoms with van der Waals surface area (Å²) in [6, 6.07) is 0. The van der Waals surface area contributed by atoms with Gasteiger partial charge >= 0.3 is 0 Å². The molecule has 0 N–H and O–H groups in total. The first-order valence-corrected chi connectivity index (χ1v) is 3.01.